The molecule has 6 rings (SSSR count). The second-order valence-electron chi connectivity index (χ2n) is 9.17. The lowest BCUT2D eigenvalue weighted by Gasteiger charge is -2.59. The molecule has 6 heterocycles. The Hall–Kier alpha value is -2.35. The van der Waals surface area contributed by atoms with Crippen molar-refractivity contribution >= 4 is 29.3 Å². The smallest absolute Gasteiger partial charge is 0.225 e. The molecule has 162 valence electrons. The fourth-order valence-corrected chi connectivity index (χ4v) is 7.17. The van der Waals surface area contributed by atoms with E-state index in [1.54, 1.807) is 17.8 Å². The molecule has 31 heavy (non-hydrogen) atoms. The SMILES string of the molecule is N#CCC12CC[C@@H]3C[C@@H](Nc4nc(Nc5cc(CO)[nH]n5)c5c(n4)SCC5)C[C@H](C1)N32. The first kappa shape index (κ1) is 19.3. The van der Waals surface area contributed by atoms with E-state index in [4.69, 9.17) is 9.97 Å². The normalized spacial score (nSPS) is 30.9. The minimum absolute atomic E-state index is 0.0735. The van der Waals surface area contributed by atoms with Gasteiger partial charge in [-0.15, -0.1) is 11.8 Å². The number of H-pyrrole nitrogens is 1. The number of aromatic nitrogens is 4. The fourth-order valence-electron chi connectivity index (χ4n) is 6.14. The van der Waals surface area contributed by atoms with E-state index in [2.05, 4.69) is 31.8 Å². The van der Waals surface area contributed by atoms with Crippen LogP contribution in [0.1, 0.15) is 49.8 Å². The average molecular weight is 439 g/mol. The van der Waals surface area contributed by atoms with Gasteiger partial charge >= 0.3 is 0 Å². The molecule has 3 saturated heterocycles. The van der Waals surface area contributed by atoms with Crippen LogP contribution in [-0.2, 0) is 13.0 Å². The highest BCUT2D eigenvalue weighted by Gasteiger charge is 2.60. The lowest BCUT2D eigenvalue weighted by molar-refractivity contribution is -0.0880. The van der Waals surface area contributed by atoms with Crippen molar-refractivity contribution in [1.29, 1.82) is 5.26 Å². The summed E-state index contributed by atoms with van der Waals surface area (Å²) < 4.78 is 0. The van der Waals surface area contributed by atoms with E-state index in [0.29, 0.717) is 42.0 Å². The third kappa shape index (κ3) is 3.18. The van der Waals surface area contributed by atoms with E-state index in [1.165, 1.54) is 6.42 Å². The second kappa shape index (κ2) is 7.36. The standard InChI is InChI=1S/C21H26N8OS/c22-5-4-21-3-1-14-7-12(8-15(10-21)29(14)21)23-20-25-18(16-2-6-31-19(16)26-20)24-17-9-13(11-30)27-28-17/h9,12,14-15,30H,1-4,6-8,10-11H2,(H3,23,24,25,26,27,28)/t12-,14-,15-,21?/m1/s1. The van der Waals surface area contributed by atoms with Crippen molar-refractivity contribution in [2.75, 3.05) is 16.4 Å². The molecule has 9 nitrogen and oxygen atoms in total. The van der Waals surface area contributed by atoms with Gasteiger partial charge in [0.2, 0.25) is 5.95 Å². The first-order valence-corrected chi connectivity index (χ1v) is 12.0. The largest absolute Gasteiger partial charge is 0.390 e. The van der Waals surface area contributed by atoms with E-state index in [-0.39, 0.29) is 12.1 Å². The monoisotopic (exact) mass is 438 g/mol. The summed E-state index contributed by atoms with van der Waals surface area (Å²) in [5.74, 6) is 3.13. The first-order valence-electron chi connectivity index (χ1n) is 11.1. The third-order valence-electron chi connectivity index (χ3n) is 7.36. The number of fused-ring (bicyclic) bond motifs is 1. The number of aliphatic hydroxyl groups is 1. The number of hydrogen-bond acceptors (Lipinski definition) is 9. The van der Waals surface area contributed by atoms with Crippen molar-refractivity contribution in [2.45, 2.75) is 80.2 Å². The fraction of sp³-hybridized carbons (Fsp3) is 0.619. The van der Waals surface area contributed by atoms with Gasteiger partial charge in [0, 0.05) is 41.0 Å². The van der Waals surface area contributed by atoms with Gasteiger partial charge in [-0.25, -0.2) is 4.98 Å². The number of aliphatic hydroxyl groups excluding tert-OH is 1. The summed E-state index contributed by atoms with van der Waals surface area (Å²) >= 11 is 1.77. The zero-order chi connectivity index (χ0) is 21.0. The number of nitrogens with one attached hydrogen (secondary N) is 3. The van der Waals surface area contributed by atoms with Crippen molar-refractivity contribution in [3.63, 3.8) is 0 Å². The maximum absolute atomic E-state index is 9.28. The summed E-state index contributed by atoms with van der Waals surface area (Å²) in [6.07, 6.45) is 7.27. The van der Waals surface area contributed by atoms with Gasteiger partial charge in [-0.2, -0.15) is 15.3 Å². The predicted octanol–water partition coefficient (Wildman–Crippen LogP) is 2.55. The molecule has 2 aromatic heterocycles. The van der Waals surface area contributed by atoms with Gasteiger partial charge in [-0.3, -0.25) is 10.00 Å². The molecule has 3 fully saturated rings. The van der Waals surface area contributed by atoms with Crippen molar-refractivity contribution in [2.24, 2.45) is 0 Å². The van der Waals surface area contributed by atoms with Crippen molar-refractivity contribution < 1.29 is 5.11 Å². The molecule has 0 amide bonds. The van der Waals surface area contributed by atoms with Crippen LogP contribution >= 0.6 is 11.8 Å². The number of hydrogen-bond donors (Lipinski definition) is 4. The Morgan fingerprint density at radius 1 is 1.35 bits per heavy atom. The number of rotatable bonds is 6. The molecule has 0 radical (unpaired) electrons. The Kier molecular flexibility index (Phi) is 4.59. The topological polar surface area (TPSA) is 126 Å². The molecule has 4 N–H and O–H groups in total. The second-order valence-corrected chi connectivity index (χ2v) is 10.3. The number of piperidine rings is 1. The van der Waals surface area contributed by atoms with Gasteiger partial charge in [0.15, 0.2) is 5.82 Å². The summed E-state index contributed by atoms with van der Waals surface area (Å²) in [5.41, 5.74) is 1.97. The lowest BCUT2D eigenvalue weighted by atomic mass is 9.72. The van der Waals surface area contributed by atoms with Crippen molar-refractivity contribution in [3.8, 4) is 6.07 Å². The predicted molar refractivity (Wildman–Crippen MR) is 117 cm³/mol. The number of thioether (sulfide) groups is 1. The van der Waals surface area contributed by atoms with Gasteiger partial charge < -0.3 is 15.7 Å². The summed E-state index contributed by atoms with van der Waals surface area (Å²) in [7, 11) is 0. The maximum atomic E-state index is 9.28. The highest BCUT2D eigenvalue weighted by molar-refractivity contribution is 7.99. The average Bonchev–Trinajstić information content (AvgIpc) is 3.46. The van der Waals surface area contributed by atoms with Crippen LogP contribution in [0.4, 0.5) is 17.6 Å². The highest BCUT2D eigenvalue weighted by Crippen LogP contribution is 2.55. The van der Waals surface area contributed by atoms with Gasteiger partial charge in [-0.05, 0) is 38.5 Å². The van der Waals surface area contributed by atoms with Crippen LogP contribution in [0.5, 0.6) is 0 Å². The Morgan fingerprint density at radius 3 is 3.10 bits per heavy atom. The molecule has 0 spiro atoms. The molecule has 0 saturated carbocycles. The van der Waals surface area contributed by atoms with Crippen LogP contribution < -0.4 is 10.6 Å². The summed E-state index contributed by atoms with van der Waals surface area (Å²) in [6.45, 7) is -0.0735. The van der Waals surface area contributed by atoms with Gasteiger partial charge in [0.25, 0.3) is 0 Å². The van der Waals surface area contributed by atoms with Crippen molar-refractivity contribution in [3.05, 3.63) is 17.3 Å². The molecule has 0 aliphatic carbocycles. The number of anilines is 3. The Bertz CT molecular complexity index is 1050. The Balaban J connectivity index is 1.20. The molecule has 0 aromatic carbocycles. The van der Waals surface area contributed by atoms with Crippen LogP contribution in [0.3, 0.4) is 0 Å². The van der Waals surface area contributed by atoms with Crippen LogP contribution in [0.2, 0.25) is 0 Å². The maximum Gasteiger partial charge on any atom is 0.225 e. The van der Waals surface area contributed by atoms with Gasteiger partial charge in [-0.1, -0.05) is 0 Å². The van der Waals surface area contributed by atoms with Gasteiger partial charge in [0.05, 0.1) is 24.8 Å². The van der Waals surface area contributed by atoms with Gasteiger partial charge in [0.1, 0.15) is 10.8 Å². The molecule has 4 aliphatic heterocycles. The summed E-state index contributed by atoms with van der Waals surface area (Å²) in [4.78, 5) is 12.3. The van der Waals surface area contributed by atoms with Crippen molar-refractivity contribution in [1.82, 2.24) is 25.1 Å². The molecule has 10 heteroatoms. The number of nitrogens with zero attached hydrogens (tertiary/aromatic N) is 5. The van der Waals surface area contributed by atoms with Crippen LogP contribution in [0.25, 0.3) is 0 Å². The number of nitriles is 1. The zero-order valence-electron chi connectivity index (χ0n) is 17.3. The molecule has 0 bridgehead atoms. The zero-order valence-corrected chi connectivity index (χ0v) is 18.1. The number of aromatic amines is 1. The molecular weight excluding hydrogens is 412 g/mol. The quantitative estimate of drug-likeness (QED) is 0.503. The van der Waals surface area contributed by atoms with E-state index < -0.39 is 0 Å². The Morgan fingerprint density at radius 2 is 2.26 bits per heavy atom. The molecule has 4 aliphatic rings. The minimum atomic E-state index is -0.0735. The van der Waals surface area contributed by atoms with Crippen LogP contribution in [0, 0.1) is 11.3 Å². The third-order valence-corrected chi connectivity index (χ3v) is 8.37. The van der Waals surface area contributed by atoms with Crippen LogP contribution in [0.15, 0.2) is 11.1 Å². The van der Waals surface area contributed by atoms with E-state index in [1.807, 2.05) is 0 Å². The van der Waals surface area contributed by atoms with Crippen LogP contribution in [-0.4, -0.2) is 59.6 Å². The van der Waals surface area contributed by atoms with E-state index >= 15 is 0 Å². The minimum Gasteiger partial charge on any atom is -0.390 e. The summed E-state index contributed by atoms with van der Waals surface area (Å²) in [6, 6.07) is 5.72. The molecule has 1 unspecified atom stereocenters. The molecule has 4 atom stereocenters. The molecular formula is C21H26N8OS. The van der Waals surface area contributed by atoms with E-state index in [9.17, 15) is 10.4 Å². The molecule has 2 aromatic rings. The Labute approximate surface area is 185 Å². The first-order chi connectivity index (χ1) is 15.2. The lowest BCUT2D eigenvalue weighted by Crippen LogP contribution is -2.68. The summed E-state index contributed by atoms with van der Waals surface area (Å²) in [5, 5.41) is 33.5. The highest BCUT2D eigenvalue weighted by atomic mass is 32.2. The van der Waals surface area contributed by atoms with E-state index in [0.717, 1.165) is 54.3 Å².